The van der Waals surface area contributed by atoms with Gasteiger partial charge in [0.15, 0.2) is 0 Å². The molecule has 0 aliphatic carbocycles. The number of ether oxygens (including phenoxy) is 1. The van der Waals surface area contributed by atoms with Crippen molar-refractivity contribution in [3.05, 3.63) is 53.6 Å². The fourth-order valence-electron chi connectivity index (χ4n) is 2.04. The molecule has 0 saturated carbocycles. The first-order valence-electron chi connectivity index (χ1n) is 7.32. The Labute approximate surface area is 136 Å². The molecule has 0 radical (unpaired) electrons. The van der Waals surface area contributed by atoms with E-state index in [1.165, 1.54) is 11.1 Å². The van der Waals surface area contributed by atoms with Crippen molar-refractivity contribution in [2.75, 3.05) is 17.7 Å². The third-order valence-corrected chi connectivity index (χ3v) is 4.32. The first kappa shape index (κ1) is 16.4. The topological polar surface area (TPSA) is 38.3 Å². The van der Waals surface area contributed by atoms with E-state index in [1.54, 1.807) is 11.8 Å². The zero-order valence-electron chi connectivity index (χ0n) is 13.2. The Balaban J connectivity index is 1.97. The van der Waals surface area contributed by atoms with Crippen LogP contribution in [0.4, 0.5) is 5.69 Å². The first-order chi connectivity index (χ1) is 10.6. The molecule has 1 N–H and O–H groups in total. The number of hydrogen-bond acceptors (Lipinski definition) is 3. The van der Waals surface area contributed by atoms with Crippen LogP contribution in [0.3, 0.4) is 0 Å². The van der Waals surface area contributed by atoms with Crippen LogP contribution in [0.1, 0.15) is 18.1 Å². The van der Waals surface area contributed by atoms with Gasteiger partial charge in [-0.1, -0.05) is 29.8 Å². The van der Waals surface area contributed by atoms with E-state index in [0.717, 1.165) is 10.6 Å². The van der Waals surface area contributed by atoms with Crippen molar-refractivity contribution >= 4 is 23.4 Å². The zero-order valence-corrected chi connectivity index (χ0v) is 14.0. The molecule has 0 aliphatic rings. The lowest BCUT2D eigenvalue weighted by atomic mass is 10.2. The highest BCUT2D eigenvalue weighted by atomic mass is 32.2. The van der Waals surface area contributed by atoms with Crippen LogP contribution >= 0.6 is 11.8 Å². The summed E-state index contributed by atoms with van der Waals surface area (Å²) in [4.78, 5) is 13.3. The van der Waals surface area contributed by atoms with Gasteiger partial charge in [0.1, 0.15) is 5.75 Å². The predicted molar refractivity (Wildman–Crippen MR) is 92.9 cm³/mol. The van der Waals surface area contributed by atoms with Crippen molar-refractivity contribution in [3.63, 3.8) is 0 Å². The van der Waals surface area contributed by atoms with Gasteiger partial charge in [-0.15, -0.1) is 11.8 Å². The van der Waals surface area contributed by atoms with Crippen LogP contribution in [0.5, 0.6) is 5.75 Å². The summed E-state index contributed by atoms with van der Waals surface area (Å²) in [5, 5.41) is 2.91. The van der Waals surface area contributed by atoms with Crippen molar-refractivity contribution in [1.82, 2.24) is 0 Å². The second-order valence-electron chi connectivity index (χ2n) is 5.03. The maximum Gasteiger partial charge on any atom is 0.234 e. The highest BCUT2D eigenvalue weighted by Crippen LogP contribution is 2.26. The van der Waals surface area contributed by atoms with Crippen LogP contribution < -0.4 is 10.1 Å². The number of para-hydroxylation sites is 2. The van der Waals surface area contributed by atoms with Gasteiger partial charge < -0.3 is 10.1 Å². The van der Waals surface area contributed by atoms with Crippen molar-refractivity contribution in [3.8, 4) is 5.75 Å². The molecule has 0 fully saturated rings. The second kappa shape index (κ2) is 7.90. The van der Waals surface area contributed by atoms with E-state index < -0.39 is 0 Å². The summed E-state index contributed by atoms with van der Waals surface area (Å²) in [6.07, 6.45) is 0. The number of rotatable bonds is 6. The van der Waals surface area contributed by atoms with Gasteiger partial charge in [0.2, 0.25) is 5.91 Å². The summed E-state index contributed by atoms with van der Waals surface area (Å²) in [5.41, 5.74) is 3.12. The molecule has 2 rings (SSSR count). The van der Waals surface area contributed by atoms with E-state index in [1.807, 2.05) is 31.2 Å². The molecule has 0 spiro atoms. The summed E-state index contributed by atoms with van der Waals surface area (Å²) in [7, 11) is 0. The highest BCUT2D eigenvalue weighted by molar-refractivity contribution is 8.00. The fraction of sp³-hybridized carbons (Fsp3) is 0.278. The van der Waals surface area contributed by atoms with Gasteiger partial charge in [-0.3, -0.25) is 4.79 Å². The number of carbonyl (C=O) groups is 1. The zero-order chi connectivity index (χ0) is 15.9. The molecule has 4 heteroatoms. The third kappa shape index (κ3) is 4.53. The molecule has 0 aromatic heterocycles. The van der Waals surface area contributed by atoms with Gasteiger partial charge in [-0.2, -0.15) is 0 Å². The van der Waals surface area contributed by atoms with Crippen LogP contribution in [-0.4, -0.2) is 18.3 Å². The molecule has 1 amide bonds. The summed E-state index contributed by atoms with van der Waals surface area (Å²) in [6, 6.07) is 13.8. The van der Waals surface area contributed by atoms with Crippen LogP contribution in [0.25, 0.3) is 0 Å². The number of benzene rings is 2. The van der Waals surface area contributed by atoms with Gasteiger partial charge >= 0.3 is 0 Å². The minimum atomic E-state index is -0.0296. The van der Waals surface area contributed by atoms with Crippen molar-refractivity contribution in [2.24, 2.45) is 0 Å². The summed E-state index contributed by atoms with van der Waals surface area (Å²) < 4.78 is 5.51. The molecule has 2 aromatic carbocycles. The number of carbonyl (C=O) groups excluding carboxylic acids is 1. The van der Waals surface area contributed by atoms with Gasteiger partial charge in [0, 0.05) is 4.90 Å². The van der Waals surface area contributed by atoms with Crippen LogP contribution in [0.2, 0.25) is 0 Å². The molecule has 0 heterocycles. The molecule has 3 nitrogen and oxygen atoms in total. The number of hydrogen-bond donors (Lipinski definition) is 1. The van der Waals surface area contributed by atoms with Gasteiger partial charge in [0.25, 0.3) is 0 Å². The van der Waals surface area contributed by atoms with Crippen LogP contribution in [0, 0.1) is 13.8 Å². The molecule has 2 aromatic rings. The van der Waals surface area contributed by atoms with Gasteiger partial charge in [-0.25, -0.2) is 0 Å². The van der Waals surface area contributed by atoms with E-state index >= 15 is 0 Å². The maximum absolute atomic E-state index is 12.2. The van der Waals surface area contributed by atoms with Crippen LogP contribution in [0.15, 0.2) is 47.4 Å². The molecule has 0 bridgehead atoms. The Morgan fingerprint density at radius 1 is 1.18 bits per heavy atom. The summed E-state index contributed by atoms with van der Waals surface area (Å²) >= 11 is 1.55. The molecule has 0 atom stereocenters. The van der Waals surface area contributed by atoms with Crippen molar-refractivity contribution in [1.29, 1.82) is 0 Å². The SMILES string of the molecule is CCOc1ccccc1NC(=O)CSc1cc(C)ccc1C. The molecule has 116 valence electrons. The molecule has 22 heavy (non-hydrogen) atoms. The van der Waals surface area contributed by atoms with E-state index in [4.69, 9.17) is 4.74 Å². The normalized spacial score (nSPS) is 10.3. The Morgan fingerprint density at radius 3 is 2.73 bits per heavy atom. The van der Waals surface area contributed by atoms with Crippen LogP contribution in [-0.2, 0) is 4.79 Å². The Morgan fingerprint density at radius 2 is 1.95 bits per heavy atom. The average molecular weight is 315 g/mol. The number of nitrogens with one attached hydrogen (secondary N) is 1. The van der Waals surface area contributed by atoms with E-state index in [9.17, 15) is 4.79 Å². The second-order valence-corrected chi connectivity index (χ2v) is 6.05. The Kier molecular flexibility index (Phi) is 5.90. The minimum Gasteiger partial charge on any atom is -0.492 e. The standard InChI is InChI=1S/C18H21NO2S/c1-4-21-16-8-6-5-7-15(16)19-18(20)12-22-17-11-13(2)9-10-14(17)3/h5-11H,4,12H2,1-3H3,(H,19,20). The minimum absolute atomic E-state index is 0.0296. The maximum atomic E-state index is 12.2. The lowest BCUT2D eigenvalue weighted by Gasteiger charge is -2.11. The lowest BCUT2D eigenvalue weighted by Crippen LogP contribution is -2.15. The molecule has 0 aliphatic heterocycles. The highest BCUT2D eigenvalue weighted by Gasteiger charge is 2.09. The number of amides is 1. The first-order valence-corrected chi connectivity index (χ1v) is 8.30. The summed E-state index contributed by atoms with van der Waals surface area (Å²) in [6.45, 7) is 6.62. The molecule has 0 saturated heterocycles. The van der Waals surface area contributed by atoms with E-state index in [-0.39, 0.29) is 5.91 Å². The lowest BCUT2D eigenvalue weighted by molar-refractivity contribution is -0.113. The van der Waals surface area contributed by atoms with E-state index in [0.29, 0.717) is 18.1 Å². The molecule has 0 unspecified atom stereocenters. The van der Waals surface area contributed by atoms with Gasteiger partial charge in [0.05, 0.1) is 18.0 Å². The molecular weight excluding hydrogens is 294 g/mol. The van der Waals surface area contributed by atoms with E-state index in [2.05, 4.69) is 37.4 Å². The largest absolute Gasteiger partial charge is 0.492 e. The average Bonchev–Trinajstić information content (AvgIpc) is 2.50. The Bertz CT molecular complexity index is 655. The quantitative estimate of drug-likeness (QED) is 0.801. The third-order valence-electron chi connectivity index (χ3n) is 3.16. The summed E-state index contributed by atoms with van der Waals surface area (Å²) in [5.74, 6) is 1.05. The van der Waals surface area contributed by atoms with Crippen molar-refractivity contribution in [2.45, 2.75) is 25.7 Å². The smallest absolute Gasteiger partial charge is 0.234 e. The molecular formula is C18H21NO2S. The van der Waals surface area contributed by atoms with Gasteiger partial charge in [-0.05, 0) is 44.5 Å². The monoisotopic (exact) mass is 315 g/mol. The predicted octanol–water partition coefficient (Wildman–Crippen LogP) is 4.43. The number of anilines is 1. The fourth-order valence-corrected chi connectivity index (χ4v) is 2.97. The Hall–Kier alpha value is -1.94. The van der Waals surface area contributed by atoms with Crippen molar-refractivity contribution < 1.29 is 9.53 Å². The number of thioether (sulfide) groups is 1. The number of aryl methyl sites for hydroxylation is 2.